The van der Waals surface area contributed by atoms with Crippen LogP contribution < -0.4 is 0 Å². The molecule has 0 bridgehead atoms. The molecule has 1 saturated carbocycles. The van der Waals surface area contributed by atoms with Crippen LogP contribution in [-0.2, 0) is 11.8 Å². The van der Waals surface area contributed by atoms with Gasteiger partial charge in [0.25, 0.3) is 0 Å². The lowest BCUT2D eigenvalue weighted by molar-refractivity contribution is 0.261. The zero-order valence-electron chi connectivity index (χ0n) is 15.1. The van der Waals surface area contributed by atoms with E-state index in [1.165, 1.54) is 24.8 Å². The van der Waals surface area contributed by atoms with Gasteiger partial charge in [0.05, 0.1) is 0 Å². The molecule has 2 aromatic carbocycles. The summed E-state index contributed by atoms with van der Waals surface area (Å²) in [5, 5.41) is 5.55. The summed E-state index contributed by atoms with van der Waals surface area (Å²) in [5.41, 5.74) is 2.29. The Morgan fingerprint density at radius 1 is 0.926 bits per heavy atom. The topological polar surface area (TPSA) is 38.9 Å². The zero-order valence-corrected chi connectivity index (χ0v) is 16.6. The highest BCUT2D eigenvalue weighted by Crippen LogP contribution is 2.44. The Morgan fingerprint density at radius 3 is 2.33 bits per heavy atom. The van der Waals surface area contributed by atoms with E-state index in [0.29, 0.717) is 21.8 Å². The normalized spacial score (nSPS) is 16.4. The second-order valence-corrected chi connectivity index (χ2v) is 8.25. The van der Waals surface area contributed by atoms with E-state index in [-0.39, 0.29) is 5.41 Å². The van der Waals surface area contributed by atoms with E-state index in [2.05, 4.69) is 22.3 Å². The van der Waals surface area contributed by atoms with Crippen LogP contribution in [0.1, 0.15) is 50.0 Å². The number of hydrogen-bond donors (Lipinski definition) is 0. The van der Waals surface area contributed by atoms with E-state index in [0.717, 1.165) is 31.2 Å². The second kappa shape index (κ2) is 8.04. The van der Waals surface area contributed by atoms with E-state index in [1.54, 1.807) is 6.07 Å². The predicted molar refractivity (Wildman–Crippen MR) is 109 cm³/mol. The molecule has 0 radical (unpaired) electrons. The quantitative estimate of drug-likeness (QED) is 0.468. The van der Waals surface area contributed by atoms with E-state index in [1.807, 2.05) is 30.3 Å². The molecule has 3 nitrogen and oxygen atoms in total. The van der Waals surface area contributed by atoms with E-state index in [4.69, 9.17) is 27.7 Å². The standard InChI is InChI=1S/C22H22Cl2N2O/c23-18-13-17(14-19(24)15-18)22(10-5-2-6-11-22)12-9-20-25-21(26-27-20)16-7-3-1-4-8-16/h1,3-4,7-8,13-15H,2,5-6,9-12H2. The van der Waals surface area contributed by atoms with E-state index >= 15 is 0 Å². The van der Waals surface area contributed by atoms with Crippen molar-refractivity contribution in [2.45, 2.75) is 50.4 Å². The number of aryl methyl sites for hydroxylation is 1. The van der Waals surface area contributed by atoms with Gasteiger partial charge in [-0.3, -0.25) is 0 Å². The van der Waals surface area contributed by atoms with Crippen LogP contribution >= 0.6 is 23.2 Å². The SMILES string of the molecule is Clc1cc(Cl)cc(C2(CCc3nc(-c4ccccc4)no3)CCCCC2)c1. The van der Waals surface area contributed by atoms with Gasteiger partial charge < -0.3 is 4.52 Å². The fraction of sp³-hybridized carbons (Fsp3) is 0.364. The van der Waals surface area contributed by atoms with Gasteiger partial charge in [0.15, 0.2) is 0 Å². The van der Waals surface area contributed by atoms with Crippen LogP contribution in [0.5, 0.6) is 0 Å². The van der Waals surface area contributed by atoms with Crippen molar-refractivity contribution in [1.82, 2.24) is 10.1 Å². The Hall–Kier alpha value is -1.84. The maximum Gasteiger partial charge on any atom is 0.226 e. The maximum absolute atomic E-state index is 6.29. The third-order valence-electron chi connectivity index (χ3n) is 5.60. The molecule has 27 heavy (non-hydrogen) atoms. The van der Waals surface area contributed by atoms with Gasteiger partial charge in [-0.1, -0.05) is 78.0 Å². The molecule has 1 aliphatic rings. The Morgan fingerprint density at radius 2 is 1.63 bits per heavy atom. The number of benzene rings is 2. The first-order valence-corrected chi connectivity index (χ1v) is 10.2. The van der Waals surface area contributed by atoms with Crippen LogP contribution in [0, 0.1) is 0 Å². The Bertz CT molecular complexity index is 881. The van der Waals surface area contributed by atoms with Crippen molar-refractivity contribution in [2.24, 2.45) is 0 Å². The largest absolute Gasteiger partial charge is 0.339 e. The first kappa shape index (κ1) is 18.5. The molecule has 4 rings (SSSR count). The third-order valence-corrected chi connectivity index (χ3v) is 6.04. The number of rotatable bonds is 5. The summed E-state index contributed by atoms with van der Waals surface area (Å²) in [4.78, 5) is 4.59. The van der Waals surface area contributed by atoms with Crippen LogP contribution in [0.2, 0.25) is 10.0 Å². The molecule has 3 aromatic rings. The molecule has 0 amide bonds. The molecule has 1 fully saturated rings. The van der Waals surface area contributed by atoms with Crippen molar-refractivity contribution in [3.05, 3.63) is 70.0 Å². The number of aromatic nitrogens is 2. The van der Waals surface area contributed by atoms with E-state index < -0.39 is 0 Å². The van der Waals surface area contributed by atoms with Crippen LogP contribution in [0.15, 0.2) is 53.1 Å². The van der Waals surface area contributed by atoms with Crippen molar-refractivity contribution >= 4 is 23.2 Å². The first-order valence-electron chi connectivity index (χ1n) is 9.49. The summed E-state index contributed by atoms with van der Waals surface area (Å²) in [6.07, 6.45) is 7.73. The summed E-state index contributed by atoms with van der Waals surface area (Å²) < 4.78 is 5.53. The highest BCUT2D eigenvalue weighted by molar-refractivity contribution is 6.34. The molecule has 0 saturated heterocycles. The monoisotopic (exact) mass is 400 g/mol. The van der Waals surface area contributed by atoms with Gasteiger partial charge in [-0.05, 0) is 48.4 Å². The molecule has 1 aromatic heterocycles. The highest BCUT2D eigenvalue weighted by Gasteiger charge is 2.34. The Kier molecular flexibility index (Phi) is 5.51. The average molecular weight is 401 g/mol. The summed E-state index contributed by atoms with van der Waals surface area (Å²) >= 11 is 12.6. The molecule has 0 aliphatic heterocycles. The molecule has 1 heterocycles. The minimum Gasteiger partial charge on any atom is -0.339 e. The van der Waals surface area contributed by atoms with Crippen molar-refractivity contribution in [1.29, 1.82) is 0 Å². The molecule has 0 N–H and O–H groups in total. The van der Waals surface area contributed by atoms with Gasteiger partial charge >= 0.3 is 0 Å². The predicted octanol–water partition coefficient (Wildman–Crippen LogP) is 6.88. The minimum atomic E-state index is 0.0775. The number of nitrogens with zero attached hydrogens (tertiary/aromatic N) is 2. The smallest absolute Gasteiger partial charge is 0.226 e. The van der Waals surface area contributed by atoms with Crippen LogP contribution in [0.3, 0.4) is 0 Å². The van der Waals surface area contributed by atoms with Gasteiger partial charge in [0, 0.05) is 22.0 Å². The number of hydrogen-bond acceptors (Lipinski definition) is 3. The van der Waals surface area contributed by atoms with Crippen molar-refractivity contribution in [3.8, 4) is 11.4 Å². The molecular weight excluding hydrogens is 379 g/mol. The lowest BCUT2D eigenvalue weighted by atomic mass is 9.67. The molecule has 0 spiro atoms. The molecule has 0 unspecified atom stereocenters. The lowest BCUT2D eigenvalue weighted by Crippen LogP contribution is -2.30. The molecule has 140 valence electrons. The summed E-state index contributed by atoms with van der Waals surface area (Å²) in [7, 11) is 0. The fourth-order valence-corrected chi connectivity index (χ4v) is 4.70. The van der Waals surface area contributed by atoms with Gasteiger partial charge in [-0.2, -0.15) is 4.98 Å². The molecule has 5 heteroatoms. The third kappa shape index (κ3) is 4.20. The summed E-state index contributed by atoms with van der Waals surface area (Å²) in [6, 6.07) is 15.9. The van der Waals surface area contributed by atoms with Gasteiger partial charge in [0.1, 0.15) is 0 Å². The molecule has 0 atom stereocenters. The first-order chi connectivity index (χ1) is 13.1. The zero-order chi connectivity index (χ0) is 18.7. The van der Waals surface area contributed by atoms with Crippen LogP contribution in [0.4, 0.5) is 0 Å². The van der Waals surface area contributed by atoms with E-state index in [9.17, 15) is 0 Å². The van der Waals surface area contributed by atoms with Gasteiger partial charge in [-0.25, -0.2) is 0 Å². The van der Waals surface area contributed by atoms with Crippen LogP contribution in [0.25, 0.3) is 11.4 Å². The molecular formula is C22H22Cl2N2O. The number of halogens is 2. The minimum absolute atomic E-state index is 0.0775. The summed E-state index contributed by atoms with van der Waals surface area (Å²) in [5.74, 6) is 1.33. The van der Waals surface area contributed by atoms with Crippen LogP contribution in [-0.4, -0.2) is 10.1 Å². The fourth-order valence-electron chi connectivity index (χ4n) is 4.18. The van der Waals surface area contributed by atoms with Crippen molar-refractivity contribution in [3.63, 3.8) is 0 Å². The van der Waals surface area contributed by atoms with Crippen molar-refractivity contribution < 1.29 is 4.52 Å². The maximum atomic E-state index is 6.29. The average Bonchev–Trinajstić information content (AvgIpc) is 3.16. The second-order valence-electron chi connectivity index (χ2n) is 7.38. The molecule has 1 aliphatic carbocycles. The lowest BCUT2D eigenvalue weighted by Gasteiger charge is -2.38. The Balaban J connectivity index is 1.55. The summed E-state index contributed by atoms with van der Waals surface area (Å²) in [6.45, 7) is 0. The Labute approximate surface area is 169 Å². The van der Waals surface area contributed by atoms with Gasteiger partial charge in [0.2, 0.25) is 11.7 Å². The van der Waals surface area contributed by atoms with Crippen molar-refractivity contribution in [2.75, 3.05) is 0 Å². The van der Waals surface area contributed by atoms with Gasteiger partial charge in [-0.15, -0.1) is 0 Å². The highest BCUT2D eigenvalue weighted by atomic mass is 35.5.